The maximum atomic E-state index is 11.3. The van der Waals surface area contributed by atoms with Crippen molar-refractivity contribution in [2.24, 2.45) is 5.73 Å². The van der Waals surface area contributed by atoms with Crippen LogP contribution in [0, 0.1) is 35.1 Å². The molecule has 0 unspecified atom stereocenters. The number of rotatable bonds is 7. The van der Waals surface area contributed by atoms with Crippen molar-refractivity contribution in [2.45, 2.75) is 0 Å². The van der Waals surface area contributed by atoms with Gasteiger partial charge in [0.15, 0.2) is 11.5 Å². The molecule has 2 aromatic rings. The fraction of sp³-hybridized carbons (Fsp3) is 0.0588. The molecule has 148 valence electrons. The van der Waals surface area contributed by atoms with E-state index in [0.717, 1.165) is 18.2 Å². The number of non-ortho nitro benzene ring substituents is 1. The highest BCUT2D eigenvalue weighted by atomic mass is 127. The number of halogens is 1. The first-order valence-electron chi connectivity index (χ1n) is 7.57. The zero-order valence-corrected chi connectivity index (χ0v) is 16.8. The number of carbonyl (C=O) groups excluding carboxylic acids is 1. The van der Waals surface area contributed by atoms with Crippen molar-refractivity contribution >= 4 is 45.9 Å². The molecule has 0 aliphatic rings. The van der Waals surface area contributed by atoms with Crippen molar-refractivity contribution in [3.63, 3.8) is 0 Å². The van der Waals surface area contributed by atoms with Crippen molar-refractivity contribution < 1.29 is 24.1 Å². The Morgan fingerprint density at radius 3 is 2.41 bits per heavy atom. The Bertz CT molecular complexity index is 1090. The number of nitro groups is 2. The molecular formula is C17H11IN4O7. The SMILES string of the molecule is COc1cc(/C=C(\C#N)C(N)=O)cc(I)c1Oc1ccc([N+](=O)[O-])cc1[N+](=O)[O-]. The standard InChI is InChI=1S/C17H11IN4O7/c1-28-15-6-9(4-10(8-19)17(20)23)5-12(18)16(15)29-14-3-2-11(21(24)25)7-13(14)22(26)27/h2-7H,1H3,(H2,20,23)/b10-4+. The van der Waals surface area contributed by atoms with E-state index in [1.165, 1.54) is 25.3 Å². The molecule has 0 fully saturated rings. The van der Waals surface area contributed by atoms with Crippen LogP contribution < -0.4 is 15.2 Å². The van der Waals surface area contributed by atoms with Crippen LogP contribution >= 0.6 is 22.6 Å². The fourth-order valence-electron chi connectivity index (χ4n) is 2.21. The maximum Gasteiger partial charge on any atom is 0.318 e. The van der Waals surface area contributed by atoms with Gasteiger partial charge in [0, 0.05) is 6.07 Å². The van der Waals surface area contributed by atoms with Gasteiger partial charge in [-0.1, -0.05) is 0 Å². The van der Waals surface area contributed by atoms with E-state index in [-0.39, 0.29) is 22.8 Å². The number of nitrogens with two attached hydrogens (primary N) is 1. The first-order valence-corrected chi connectivity index (χ1v) is 8.65. The molecule has 0 aromatic heterocycles. The van der Waals surface area contributed by atoms with Crippen molar-refractivity contribution in [1.82, 2.24) is 0 Å². The lowest BCUT2D eigenvalue weighted by atomic mass is 10.1. The van der Waals surface area contributed by atoms with Crippen LogP contribution in [0.1, 0.15) is 5.56 Å². The predicted molar refractivity (Wildman–Crippen MR) is 108 cm³/mol. The number of nitro benzene ring substituents is 2. The molecule has 2 aromatic carbocycles. The molecule has 0 spiro atoms. The molecule has 0 saturated carbocycles. The van der Waals surface area contributed by atoms with Crippen LogP contribution in [0.4, 0.5) is 11.4 Å². The maximum absolute atomic E-state index is 11.3. The smallest absolute Gasteiger partial charge is 0.318 e. The van der Waals surface area contributed by atoms with Crippen molar-refractivity contribution in [2.75, 3.05) is 7.11 Å². The van der Waals surface area contributed by atoms with Gasteiger partial charge >= 0.3 is 5.69 Å². The van der Waals surface area contributed by atoms with E-state index in [2.05, 4.69) is 0 Å². The zero-order chi connectivity index (χ0) is 21.7. The van der Waals surface area contributed by atoms with Gasteiger partial charge in [0.2, 0.25) is 5.75 Å². The summed E-state index contributed by atoms with van der Waals surface area (Å²) >= 11 is 1.87. The van der Waals surface area contributed by atoms with Gasteiger partial charge in [0.25, 0.3) is 11.6 Å². The Balaban J connectivity index is 2.55. The van der Waals surface area contributed by atoms with Gasteiger partial charge in [-0.2, -0.15) is 5.26 Å². The summed E-state index contributed by atoms with van der Waals surface area (Å²) in [5, 5.41) is 31.1. The highest BCUT2D eigenvalue weighted by molar-refractivity contribution is 14.1. The summed E-state index contributed by atoms with van der Waals surface area (Å²) in [6, 6.07) is 7.63. The Hall–Kier alpha value is -3.73. The molecule has 0 aliphatic carbocycles. The summed E-state index contributed by atoms with van der Waals surface area (Å²) in [5.74, 6) is -0.865. The van der Waals surface area contributed by atoms with Crippen LogP contribution in [0.5, 0.6) is 17.2 Å². The van der Waals surface area contributed by atoms with Crippen LogP contribution in [-0.2, 0) is 4.79 Å². The molecule has 0 aliphatic heterocycles. The third kappa shape index (κ3) is 4.96. The number of ether oxygens (including phenoxy) is 2. The highest BCUT2D eigenvalue weighted by Gasteiger charge is 2.23. The third-order valence-corrected chi connectivity index (χ3v) is 4.31. The lowest BCUT2D eigenvalue weighted by Gasteiger charge is -2.13. The van der Waals surface area contributed by atoms with Gasteiger partial charge in [-0.3, -0.25) is 25.0 Å². The molecule has 0 radical (unpaired) electrons. The summed E-state index contributed by atoms with van der Waals surface area (Å²) in [7, 11) is 1.33. The fourth-order valence-corrected chi connectivity index (χ4v) is 2.94. The minimum Gasteiger partial charge on any atom is -0.493 e. The number of nitrogens with zero attached hydrogens (tertiary/aromatic N) is 3. The number of nitriles is 1. The van der Waals surface area contributed by atoms with Crippen molar-refractivity contribution in [3.05, 3.63) is 65.3 Å². The molecule has 12 heteroatoms. The molecule has 2 rings (SSSR count). The number of primary amides is 1. The number of methoxy groups -OCH3 is 1. The second-order valence-corrected chi connectivity index (χ2v) is 6.50. The van der Waals surface area contributed by atoms with Gasteiger partial charge in [-0.15, -0.1) is 0 Å². The van der Waals surface area contributed by atoms with Gasteiger partial charge in [0.1, 0.15) is 11.6 Å². The van der Waals surface area contributed by atoms with E-state index in [1.807, 2.05) is 22.6 Å². The first-order chi connectivity index (χ1) is 13.7. The second-order valence-electron chi connectivity index (χ2n) is 5.34. The van der Waals surface area contributed by atoms with E-state index in [1.54, 1.807) is 6.07 Å². The number of hydrogen-bond donors (Lipinski definition) is 1. The Labute approximate surface area is 176 Å². The average Bonchev–Trinajstić information content (AvgIpc) is 2.67. The zero-order valence-electron chi connectivity index (χ0n) is 14.6. The average molecular weight is 510 g/mol. The molecule has 29 heavy (non-hydrogen) atoms. The minimum absolute atomic E-state index is 0.111. The van der Waals surface area contributed by atoms with Crippen LogP contribution in [0.15, 0.2) is 35.9 Å². The van der Waals surface area contributed by atoms with Crippen LogP contribution in [0.25, 0.3) is 6.08 Å². The second kappa shape index (κ2) is 8.97. The number of amides is 1. The molecule has 0 saturated heterocycles. The van der Waals surface area contributed by atoms with Crippen molar-refractivity contribution in [3.8, 4) is 23.3 Å². The lowest BCUT2D eigenvalue weighted by molar-refractivity contribution is -0.394. The van der Waals surface area contributed by atoms with E-state index in [0.29, 0.717) is 9.13 Å². The molecule has 1 amide bonds. The molecular weight excluding hydrogens is 499 g/mol. The topological polar surface area (TPSA) is 172 Å². The molecule has 11 nitrogen and oxygen atoms in total. The Morgan fingerprint density at radius 2 is 1.90 bits per heavy atom. The predicted octanol–water partition coefficient (Wildman–Crippen LogP) is 3.30. The van der Waals surface area contributed by atoms with Gasteiger partial charge in [0.05, 0.1) is 26.6 Å². The van der Waals surface area contributed by atoms with E-state index in [9.17, 15) is 25.0 Å². The first kappa shape index (κ1) is 21.6. The summed E-state index contributed by atoms with van der Waals surface area (Å²) in [6.07, 6.45) is 1.26. The number of carbonyl (C=O) groups is 1. The van der Waals surface area contributed by atoms with E-state index in [4.69, 9.17) is 20.5 Å². The van der Waals surface area contributed by atoms with Crippen LogP contribution in [0.3, 0.4) is 0 Å². The summed E-state index contributed by atoms with van der Waals surface area (Å²) in [4.78, 5) is 31.8. The molecule has 0 atom stereocenters. The third-order valence-electron chi connectivity index (χ3n) is 3.51. The van der Waals surface area contributed by atoms with E-state index >= 15 is 0 Å². The minimum atomic E-state index is -0.900. The van der Waals surface area contributed by atoms with Crippen molar-refractivity contribution in [1.29, 1.82) is 5.26 Å². The van der Waals surface area contributed by atoms with E-state index < -0.39 is 27.1 Å². The lowest BCUT2D eigenvalue weighted by Crippen LogP contribution is -2.12. The molecule has 0 heterocycles. The Morgan fingerprint density at radius 1 is 1.21 bits per heavy atom. The quantitative estimate of drug-likeness (QED) is 0.194. The van der Waals surface area contributed by atoms with Crippen LogP contribution in [-0.4, -0.2) is 22.9 Å². The van der Waals surface area contributed by atoms with Gasteiger partial charge in [-0.05, 0) is 52.4 Å². The highest BCUT2D eigenvalue weighted by Crippen LogP contribution is 2.41. The summed E-state index contributed by atoms with van der Waals surface area (Å²) in [6.45, 7) is 0. The molecule has 0 bridgehead atoms. The number of hydrogen-bond acceptors (Lipinski definition) is 8. The summed E-state index contributed by atoms with van der Waals surface area (Å²) < 4.78 is 11.3. The van der Waals surface area contributed by atoms with Crippen LogP contribution in [0.2, 0.25) is 0 Å². The Kier molecular flexibility index (Phi) is 6.67. The monoisotopic (exact) mass is 510 g/mol. The number of benzene rings is 2. The molecule has 2 N–H and O–H groups in total. The normalized spacial score (nSPS) is 10.7. The van der Waals surface area contributed by atoms with Gasteiger partial charge < -0.3 is 15.2 Å². The van der Waals surface area contributed by atoms with Gasteiger partial charge in [-0.25, -0.2) is 0 Å². The largest absolute Gasteiger partial charge is 0.493 e. The summed E-state index contributed by atoms with van der Waals surface area (Å²) in [5.41, 5.74) is 4.20.